The predicted octanol–water partition coefficient (Wildman–Crippen LogP) is 5.00. The van der Waals surface area contributed by atoms with Gasteiger partial charge in [-0.1, -0.05) is 12.1 Å². The number of hydrogen-bond acceptors (Lipinski definition) is 10. The van der Waals surface area contributed by atoms with Crippen molar-refractivity contribution < 1.29 is 4.39 Å². The molecule has 7 rings (SSSR count). The van der Waals surface area contributed by atoms with Crippen molar-refractivity contribution >= 4 is 22.8 Å². The molecule has 45 heavy (non-hydrogen) atoms. The zero-order valence-corrected chi connectivity index (χ0v) is 24.2. The molecule has 12 heteroatoms. The largest absolute Gasteiger partial charge is 0.383 e. The normalized spacial score (nSPS) is 14.0. The molecule has 222 valence electrons. The molecule has 1 fully saturated rings. The Bertz CT molecular complexity index is 2030. The molecule has 0 aliphatic carbocycles. The summed E-state index contributed by atoms with van der Waals surface area (Å²) in [6, 6.07) is 22.9. The van der Waals surface area contributed by atoms with Crippen LogP contribution in [0.25, 0.3) is 39.5 Å². The third kappa shape index (κ3) is 5.89. The highest BCUT2D eigenvalue weighted by molar-refractivity contribution is 5.84. The Morgan fingerprint density at radius 2 is 1.73 bits per heavy atom. The van der Waals surface area contributed by atoms with E-state index < -0.39 is 5.95 Å². The molecule has 6 heterocycles. The molecule has 1 aliphatic heterocycles. The van der Waals surface area contributed by atoms with Crippen LogP contribution >= 0.6 is 0 Å². The number of piperidine rings is 1. The third-order valence-corrected chi connectivity index (χ3v) is 7.90. The monoisotopic (exact) mass is 597 g/mol. The number of aromatic nitrogens is 7. The number of imidazole rings is 1. The molecule has 0 radical (unpaired) electrons. The molecule has 0 bridgehead atoms. The molecular formula is C33H28FN11. The minimum atomic E-state index is -0.567. The van der Waals surface area contributed by atoms with E-state index in [0.29, 0.717) is 51.5 Å². The fourth-order valence-electron chi connectivity index (χ4n) is 5.66. The van der Waals surface area contributed by atoms with Gasteiger partial charge in [0.25, 0.3) is 0 Å². The van der Waals surface area contributed by atoms with E-state index in [9.17, 15) is 4.39 Å². The van der Waals surface area contributed by atoms with Gasteiger partial charge in [-0.25, -0.2) is 29.9 Å². The Balaban J connectivity index is 1.13. The minimum Gasteiger partial charge on any atom is -0.383 e. The number of hydrogen-bond donors (Lipinski definition) is 2. The minimum absolute atomic E-state index is 0.168. The molecule has 11 nitrogen and oxygen atoms in total. The number of nitrogen functional groups attached to an aromatic ring is 1. The van der Waals surface area contributed by atoms with Crippen molar-refractivity contribution in [3.8, 4) is 34.4 Å². The smallest absolute Gasteiger partial charge is 0.234 e. The molecule has 0 spiro atoms. The van der Waals surface area contributed by atoms with Gasteiger partial charge in [0.15, 0.2) is 11.5 Å². The number of nitrogens with zero attached hydrogens (tertiary/aromatic N) is 9. The van der Waals surface area contributed by atoms with Crippen molar-refractivity contribution in [2.24, 2.45) is 0 Å². The maximum absolute atomic E-state index is 13.9. The number of benzene rings is 1. The van der Waals surface area contributed by atoms with Gasteiger partial charge < -0.3 is 11.1 Å². The van der Waals surface area contributed by atoms with Gasteiger partial charge in [-0.3, -0.25) is 9.47 Å². The summed E-state index contributed by atoms with van der Waals surface area (Å²) in [6.45, 7) is 2.70. The number of nitrogens with one attached hydrogen (secondary N) is 1. The Hall–Kier alpha value is -5.80. The highest BCUT2D eigenvalue weighted by Crippen LogP contribution is 2.32. The summed E-state index contributed by atoms with van der Waals surface area (Å²) in [7, 11) is 0. The Kier molecular flexibility index (Phi) is 7.51. The van der Waals surface area contributed by atoms with Gasteiger partial charge in [0.2, 0.25) is 11.8 Å². The lowest BCUT2D eigenvalue weighted by Crippen LogP contribution is -2.38. The fourth-order valence-corrected chi connectivity index (χ4v) is 5.66. The average Bonchev–Trinajstić information content (AvgIpc) is 3.45. The summed E-state index contributed by atoms with van der Waals surface area (Å²) in [5.41, 5.74) is 11.6. The second-order valence-electron chi connectivity index (χ2n) is 10.9. The van der Waals surface area contributed by atoms with Crippen LogP contribution in [0, 0.1) is 17.3 Å². The van der Waals surface area contributed by atoms with Crippen LogP contribution in [0.15, 0.2) is 85.3 Å². The van der Waals surface area contributed by atoms with Gasteiger partial charge in [0.05, 0.1) is 11.3 Å². The first-order valence-corrected chi connectivity index (χ1v) is 14.6. The molecular weight excluding hydrogens is 569 g/mol. The second kappa shape index (κ2) is 12.1. The highest BCUT2D eigenvalue weighted by atomic mass is 19.1. The maximum Gasteiger partial charge on any atom is 0.234 e. The molecule has 0 saturated carbocycles. The van der Waals surface area contributed by atoms with E-state index in [2.05, 4.69) is 54.4 Å². The topological polar surface area (TPSA) is 147 Å². The number of nitriles is 1. The number of halogens is 1. The van der Waals surface area contributed by atoms with E-state index in [1.54, 1.807) is 24.5 Å². The Labute approximate surface area is 258 Å². The molecule has 6 aromatic rings. The Morgan fingerprint density at radius 3 is 2.51 bits per heavy atom. The van der Waals surface area contributed by atoms with Crippen LogP contribution in [-0.2, 0) is 6.54 Å². The summed E-state index contributed by atoms with van der Waals surface area (Å²) in [4.78, 5) is 28.4. The van der Waals surface area contributed by atoms with Crippen molar-refractivity contribution in [2.75, 3.05) is 24.1 Å². The first kappa shape index (κ1) is 28.0. The molecule has 1 aromatic carbocycles. The van der Waals surface area contributed by atoms with E-state index in [-0.39, 0.29) is 5.82 Å². The van der Waals surface area contributed by atoms with Crippen LogP contribution in [-0.4, -0.2) is 58.5 Å². The van der Waals surface area contributed by atoms with Crippen molar-refractivity contribution in [2.45, 2.75) is 25.4 Å². The van der Waals surface area contributed by atoms with Crippen molar-refractivity contribution in [1.82, 2.24) is 39.4 Å². The SMILES string of the molecule is N#Cc1nccc(NC2CCN(Cc3ccc(-n4c(-c5cccnc5N)nc5ccc(-c6ccnc(F)c6)nc54)cc3)CC2)n1. The fraction of sp³-hybridized carbons (Fsp3) is 0.182. The van der Waals surface area contributed by atoms with Crippen molar-refractivity contribution in [3.63, 3.8) is 0 Å². The van der Waals surface area contributed by atoms with Crippen molar-refractivity contribution in [1.29, 1.82) is 5.26 Å². The van der Waals surface area contributed by atoms with Crippen LogP contribution in [0.2, 0.25) is 0 Å². The standard InChI is InChI=1S/C33H28FN11/c34-28-18-22(9-14-37-28)26-7-8-27-33(41-26)45(32(42-27)25-2-1-13-39-31(25)36)24-5-3-21(4-6-24)20-44-16-11-23(12-17-44)40-29-10-15-38-30(19-35)43-29/h1-10,13-15,18,23H,11-12,16-17,20H2,(H2,36,39)(H,38,40,43). The molecule has 0 atom stereocenters. The molecule has 0 amide bonds. The van der Waals surface area contributed by atoms with Gasteiger partial charge in [0.1, 0.15) is 23.2 Å². The van der Waals surface area contributed by atoms with Gasteiger partial charge in [-0.05, 0) is 66.9 Å². The lowest BCUT2D eigenvalue weighted by molar-refractivity contribution is 0.211. The molecule has 3 N–H and O–H groups in total. The van der Waals surface area contributed by atoms with E-state index in [1.807, 2.05) is 34.9 Å². The molecule has 0 unspecified atom stereocenters. The zero-order chi connectivity index (χ0) is 30.8. The first-order chi connectivity index (χ1) is 22.0. The quantitative estimate of drug-likeness (QED) is 0.241. The molecule has 1 saturated heterocycles. The lowest BCUT2D eigenvalue weighted by atomic mass is 10.0. The summed E-state index contributed by atoms with van der Waals surface area (Å²) in [5, 5.41) is 12.5. The first-order valence-electron chi connectivity index (χ1n) is 14.6. The zero-order valence-electron chi connectivity index (χ0n) is 24.2. The number of rotatable bonds is 7. The van der Waals surface area contributed by atoms with E-state index in [1.165, 1.54) is 17.8 Å². The number of fused-ring (bicyclic) bond motifs is 1. The summed E-state index contributed by atoms with van der Waals surface area (Å²) < 4.78 is 15.9. The maximum atomic E-state index is 13.9. The van der Waals surface area contributed by atoms with Crippen LogP contribution in [0.5, 0.6) is 0 Å². The summed E-state index contributed by atoms with van der Waals surface area (Å²) in [6.07, 6.45) is 6.61. The Morgan fingerprint density at radius 1 is 0.911 bits per heavy atom. The summed E-state index contributed by atoms with van der Waals surface area (Å²) in [5.74, 6) is 1.27. The number of anilines is 2. The van der Waals surface area contributed by atoms with Gasteiger partial charge in [0, 0.05) is 61.6 Å². The summed E-state index contributed by atoms with van der Waals surface area (Å²) >= 11 is 0. The van der Waals surface area contributed by atoms with Crippen LogP contribution in [0.4, 0.5) is 16.0 Å². The van der Waals surface area contributed by atoms with Crippen LogP contribution < -0.4 is 11.1 Å². The van der Waals surface area contributed by atoms with Gasteiger partial charge in [-0.2, -0.15) is 9.65 Å². The highest BCUT2D eigenvalue weighted by Gasteiger charge is 2.21. The number of nitrogens with two attached hydrogens (primary N) is 1. The van der Waals surface area contributed by atoms with Crippen molar-refractivity contribution in [3.05, 3.63) is 103 Å². The molecule has 5 aromatic heterocycles. The van der Waals surface area contributed by atoms with Crippen LogP contribution in [0.1, 0.15) is 24.2 Å². The van der Waals surface area contributed by atoms with E-state index in [4.69, 9.17) is 21.0 Å². The van der Waals surface area contributed by atoms with Gasteiger partial charge in [-0.15, -0.1) is 0 Å². The predicted molar refractivity (Wildman–Crippen MR) is 168 cm³/mol. The van der Waals surface area contributed by atoms with E-state index in [0.717, 1.165) is 38.2 Å². The second-order valence-corrected chi connectivity index (χ2v) is 10.9. The average molecular weight is 598 g/mol. The third-order valence-electron chi connectivity index (χ3n) is 7.90. The number of likely N-dealkylation sites (tertiary alicyclic amines) is 1. The van der Waals surface area contributed by atoms with E-state index >= 15 is 0 Å². The van der Waals surface area contributed by atoms with Crippen LogP contribution in [0.3, 0.4) is 0 Å². The molecule has 1 aliphatic rings. The lowest BCUT2D eigenvalue weighted by Gasteiger charge is -2.32. The number of pyridine rings is 3. The van der Waals surface area contributed by atoms with Gasteiger partial charge >= 0.3 is 0 Å².